The molecule has 0 saturated carbocycles. The molecule has 5 atom stereocenters. The predicted molar refractivity (Wildman–Crippen MR) is 159 cm³/mol. The van der Waals surface area contributed by atoms with Crippen LogP contribution < -0.4 is 9.64 Å². The fourth-order valence-electron chi connectivity index (χ4n) is 7.63. The number of nitriles is 1. The Hall–Kier alpha value is -3.29. The number of allylic oxidation sites excluding steroid dienone is 2. The van der Waals surface area contributed by atoms with Crippen molar-refractivity contribution >= 4 is 11.7 Å². The molecule has 0 N–H and O–H groups in total. The van der Waals surface area contributed by atoms with E-state index < -0.39 is 17.8 Å². The lowest BCUT2D eigenvalue weighted by atomic mass is 9.82. The second kappa shape index (κ2) is 12.5. The molecule has 42 heavy (non-hydrogen) atoms. The fourth-order valence-corrected chi connectivity index (χ4v) is 7.63. The first-order valence-electron chi connectivity index (χ1n) is 15.5. The van der Waals surface area contributed by atoms with Gasteiger partial charge in [-0.2, -0.15) is 15.2 Å². The Kier molecular flexibility index (Phi) is 8.59. The number of anilines is 1. The molecule has 2 aliphatic carbocycles. The van der Waals surface area contributed by atoms with Gasteiger partial charge in [0, 0.05) is 49.7 Å². The summed E-state index contributed by atoms with van der Waals surface area (Å²) >= 11 is 0. The molecule has 224 valence electrons. The van der Waals surface area contributed by atoms with E-state index in [0.29, 0.717) is 56.3 Å². The van der Waals surface area contributed by atoms with Crippen molar-refractivity contribution in [1.29, 1.82) is 5.26 Å². The van der Waals surface area contributed by atoms with Crippen LogP contribution in [0.5, 0.6) is 6.01 Å². The number of ether oxygens (including phenoxy) is 1. The Bertz CT molecular complexity index is 1290. The molecule has 0 bridgehead atoms. The van der Waals surface area contributed by atoms with Gasteiger partial charge in [-0.3, -0.25) is 9.69 Å². The van der Waals surface area contributed by atoms with Crippen LogP contribution in [0.4, 0.5) is 10.2 Å². The number of fused-ring (bicyclic) bond motifs is 2. The first kappa shape index (κ1) is 28.8. The molecular weight excluding hydrogens is 533 g/mol. The zero-order valence-corrected chi connectivity index (χ0v) is 24.6. The minimum Gasteiger partial charge on any atom is -0.462 e. The zero-order valence-electron chi connectivity index (χ0n) is 24.6. The van der Waals surface area contributed by atoms with E-state index in [1.165, 1.54) is 24.2 Å². The minimum atomic E-state index is -0.993. The Balaban J connectivity index is 1.27. The maximum absolute atomic E-state index is 13.8. The van der Waals surface area contributed by atoms with E-state index in [1.54, 1.807) is 0 Å². The summed E-state index contributed by atoms with van der Waals surface area (Å²) in [6, 6.07) is 3.31. The topological polar surface area (TPSA) is 88.8 Å². The van der Waals surface area contributed by atoms with Crippen molar-refractivity contribution in [2.24, 2.45) is 5.92 Å². The number of rotatable bonds is 7. The highest BCUT2D eigenvalue weighted by Crippen LogP contribution is 2.37. The molecule has 10 heteroatoms. The Morgan fingerprint density at radius 3 is 2.74 bits per heavy atom. The number of hydrogen-bond acceptors (Lipinski definition) is 8. The van der Waals surface area contributed by atoms with Crippen LogP contribution in [0.2, 0.25) is 0 Å². The van der Waals surface area contributed by atoms with Gasteiger partial charge in [0.1, 0.15) is 12.4 Å². The van der Waals surface area contributed by atoms with Crippen molar-refractivity contribution in [3.05, 3.63) is 48.0 Å². The van der Waals surface area contributed by atoms with E-state index in [1.807, 2.05) is 0 Å². The molecule has 3 saturated heterocycles. The maximum atomic E-state index is 13.8. The Morgan fingerprint density at radius 2 is 1.95 bits per heavy atom. The van der Waals surface area contributed by atoms with Crippen LogP contribution in [0.25, 0.3) is 0 Å². The summed E-state index contributed by atoms with van der Waals surface area (Å²) in [5.41, 5.74) is 2.17. The number of halogens is 1. The highest BCUT2D eigenvalue weighted by molar-refractivity contribution is 5.91. The number of carbonyl (C=O) groups excluding carboxylic acids is 1. The number of carbonyl (C=O) groups is 1. The lowest BCUT2D eigenvalue weighted by Gasteiger charge is -2.46. The summed E-state index contributed by atoms with van der Waals surface area (Å²) in [7, 11) is 2.13. The molecule has 3 aliphatic heterocycles. The summed E-state index contributed by atoms with van der Waals surface area (Å²) in [6.45, 7) is 7.10. The average Bonchev–Trinajstić information content (AvgIpc) is 3.43. The third-order valence-corrected chi connectivity index (χ3v) is 9.91. The van der Waals surface area contributed by atoms with E-state index in [2.05, 4.69) is 58.7 Å². The maximum Gasteiger partial charge on any atom is 0.318 e. The molecule has 2 unspecified atom stereocenters. The van der Waals surface area contributed by atoms with Gasteiger partial charge in [-0.15, -0.1) is 0 Å². The highest BCUT2D eigenvalue weighted by atomic mass is 19.1. The minimum absolute atomic E-state index is 0.113. The van der Waals surface area contributed by atoms with Crippen molar-refractivity contribution in [3.8, 4) is 12.1 Å². The number of amides is 1. The normalized spacial score (nSPS) is 29.6. The van der Waals surface area contributed by atoms with Crippen LogP contribution in [0.3, 0.4) is 0 Å². The van der Waals surface area contributed by atoms with Crippen LogP contribution in [0, 0.1) is 17.2 Å². The molecule has 1 amide bonds. The van der Waals surface area contributed by atoms with Gasteiger partial charge in [0.15, 0.2) is 5.83 Å². The second-order valence-electron chi connectivity index (χ2n) is 12.4. The van der Waals surface area contributed by atoms with Crippen LogP contribution in [-0.2, 0) is 17.6 Å². The molecule has 1 aromatic heterocycles. The van der Waals surface area contributed by atoms with E-state index in [4.69, 9.17) is 14.7 Å². The number of hydrogen-bond donors (Lipinski definition) is 0. The molecule has 5 aliphatic rings. The van der Waals surface area contributed by atoms with Gasteiger partial charge in [0.25, 0.3) is 5.91 Å². The molecule has 9 nitrogen and oxygen atoms in total. The van der Waals surface area contributed by atoms with Crippen LogP contribution in [0.15, 0.2) is 36.7 Å². The molecule has 0 spiro atoms. The van der Waals surface area contributed by atoms with Crippen molar-refractivity contribution < 1.29 is 13.9 Å². The first-order valence-corrected chi connectivity index (χ1v) is 15.5. The van der Waals surface area contributed by atoms with Crippen molar-refractivity contribution in [2.45, 2.75) is 75.5 Å². The number of nitrogens with zero attached hydrogens (tertiary/aromatic N) is 7. The number of likely N-dealkylation sites (tertiary alicyclic amines) is 2. The zero-order chi connectivity index (χ0) is 29.2. The monoisotopic (exact) mass is 575 g/mol. The Labute approximate surface area is 248 Å². The van der Waals surface area contributed by atoms with E-state index in [-0.39, 0.29) is 6.42 Å². The summed E-state index contributed by atoms with van der Waals surface area (Å²) in [4.78, 5) is 31.1. The summed E-state index contributed by atoms with van der Waals surface area (Å²) < 4.78 is 20.1. The van der Waals surface area contributed by atoms with Gasteiger partial charge in [-0.25, -0.2) is 4.39 Å². The van der Waals surface area contributed by atoms with E-state index >= 15 is 0 Å². The van der Waals surface area contributed by atoms with Crippen LogP contribution >= 0.6 is 0 Å². The van der Waals surface area contributed by atoms with Gasteiger partial charge < -0.3 is 19.4 Å². The SMILES string of the molecule is C=C(F)C(=O)N1CCN(c2nc(OC[C@@H]3CCCN3C)nc3c2CC[C@H](N2CCCC4C=CC=CC42)C3)C[C@@H]1CC#N. The number of piperazine rings is 1. The number of likely N-dealkylation sites (N-methyl/N-ethyl adjacent to an activating group) is 1. The highest BCUT2D eigenvalue weighted by Gasteiger charge is 2.38. The lowest BCUT2D eigenvalue weighted by Crippen LogP contribution is -2.56. The molecule has 4 heterocycles. The summed E-state index contributed by atoms with van der Waals surface area (Å²) in [5, 5.41) is 9.49. The van der Waals surface area contributed by atoms with Crippen LogP contribution in [-0.4, -0.2) is 101 Å². The van der Waals surface area contributed by atoms with E-state index in [9.17, 15) is 14.4 Å². The average molecular weight is 576 g/mol. The van der Waals surface area contributed by atoms with Crippen LogP contribution in [0.1, 0.15) is 49.8 Å². The summed E-state index contributed by atoms with van der Waals surface area (Å²) in [6.07, 6.45) is 16.6. The van der Waals surface area contributed by atoms with Crippen molar-refractivity contribution in [2.75, 3.05) is 51.3 Å². The molecule has 3 fully saturated rings. The third kappa shape index (κ3) is 5.82. The second-order valence-corrected chi connectivity index (χ2v) is 12.4. The fraction of sp³-hybridized carbons (Fsp3) is 0.625. The van der Waals surface area contributed by atoms with Gasteiger partial charge >= 0.3 is 6.01 Å². The predicted octanol–water partition coefficient (Wildman–Crippen LogP) is 3.43. The van der Waals surface area contributed by atoms with E-state index in [0.717, 1.165) is 55.8 Å². The molecular formula is C32H42FN7O2. The Morgan fingerprint density at radius 1 is 1.12 bits per heavy atom. The van der Waals surface area contributed by atoms with Gasteiger partial charge in [-0.05, 0) is 64.6 Å². The van der Waals surface area contributed by atoms with Crippen molar-refractivity contribution in [1.82, 2.24) is 24.7 Å². The molecule has 1 aromatic rings. The largest absolute Gasteiger partial charge is 0.462 e. The van der Waals surface area contributed by atoms with Gasteiger partial charge in [0.05, 0.1) is 24.2 Å². The van der Waals surface area contributed by atoms with Gasteiger partial charge in [0.2, 0.25) is 0 Å². The molecule has 0 aromatic carbocycles. The smallest absolute Gasteiger partial charge is 0.318 e. The quantitative estimate of drug-likeness (QED) is 0.457. The van der Waals surface area contributed by atoms with Crippen molar-refractivity contribution in [3.63, 3.8) is 0 Å². The number of piperidine rings is 1. The standard InChI is InChI=1S/C32H42FN7O2/c1-22(33)31(41)40-18-17-38(20-25(40)13-14-34)30-27-12-11-24(39-16-5-8-23-7-3-4-10-29(23)39)19-28(27)35-32(36-30)42-21-26-9-6-15-37(26)2/h3-4,7,10,23-26,29H,1,5-6,8-9,11-13,15-21H2,2H3/t23?,24-,25-,26-,29?/m0/s1. The lowest BCUT2D eigenvalue weighted by molar-refractivity contribution is -0.131. The summed E-state index contributed by atoms with van der Waals surface area (Å²) in [5.74, 6) is -0.324. The molecule has 6 rings (SSSR count). The van der Waals surface area contributed by atoms with Gasteiger partial charge in [-0.1, -0.05) is 30.9 Å². The number of aromatic nitrogens is 2. The first-order chi connectivity index (χ1) is 20.4. The third-order valence-electron chi connectivity index (χ3n) is 9.91. The molecule has 0 radical (unpaired) electrons.